The summed E-state index contributed by atoms with van der Waals surface area (Å²) >= 11 is 5.80. The molecule has 0 aliphatic carbocycles. The quantitative estimate of drug-likeness (QED) is 0.771. The summed E-state index contributed by atoms with van der Waals surface area (Å²) in [7, 11) is 0. The van der Waals surface area contributed by atoms with Gasteiger partial charge < -0.3 is 20.9 Å². The van der Waals surface area contributed by atoms with E-state index >= 15 is 0 Å². The van der Waals surface area contributed by atoms with Crippen LogP contribution >= 0.6 is 11.6 Å². The number of nitrogens with two attached hydrogens (primary N) is 1. The van der Waals surface area contributed by atoms with Gasteiger partial charge in [0.25, 0.3) is 0 Å². The van der Waals surface area contributed by atoms with Gasteiger partial charge in [0.05, 0.1) is 12.2 Å². The van der Waals surface area contributed by atoms with Crippen molar-refractivity contribution in [1.82, 2.24) is 0 Å². The van der Waals surface area contributed by atoms with Gasteiger partial charge in [0.1, 0.15) is 5.54 Å². The normalized spacial score (nSPS) is 22.2. The molecule has 1 aromatic rings. The molecule has 1 aliphatic heterocycles. The summed E-state index contributed by atoms with van der Waals surface area (Å²) in [5, 5.41) is 11.7. The van der Waals surface area contributed by atoms with Crippen LogP contribution in [0.2, 0.25) is 5.02 Å². The van der Waals surface area contributed by atoms with E-state index in [1.54, 1.807) is 0 Å². The maximum atomic E-state index is 12.0. The molecule has 19 heavy (non-hydrogen) atoms. The summed E-state index contributed by atoms with van der Waals surface area (Å²) in [4.78, 5) is 22.9. The van der Waals surface area contributed by atoms with Crippen LogP contribution < -0.4 is 11.1 Å². The summed E-state index contributed by atoms with van der Waals surface area (Å²) in [5.74, 6) is -1.53. The lowest BCUT2D eigenvalue weighted by atomic mass is 9.99. The smallest absolute Gasteiger partial charge is 0.335 e. The first-order valence-corrected chi connectivity index (χ1v) is 6.00. The fourth-order valence-corrected chi connectivity index (χ4v) is 2.04. The molecule has 1 atom stereocenters. The first kappa shape index (κ1) is 13.8. The number of amides is 1. The highest BCUT2D eigenvalue weighted by Crippen LogP contribution is 2.22. The SMILES string of the molecule is NC1(C(=O)Nc2cc(Cl)cc(C(=O)O)c2)CCOC1. The maximum Gasteiger partial charge on any atom is 0.335 e. The van der Waals surface area contributed by atoms with Gasteiger partial charge in [0.15, 0.2) is 0 Å². The van der Waals surface area contributed by atoms with E-state index in [0.717, 1.165) is 0 Å². The molecule has 0 bridgehead atoms. The lowest BCUT2D eigenvalue weighted by Gasteiger charge is -2.20. The third-order valence-corrected chi connectivity index (χ3v) is 3.13. The first-order valence-electron chi connectivity index (χ1n) is 5.63. The number of rotatable bonds is 3. The van der Waals surface area contributed by atoms with E-state index in [1.165, 1.54) is 18.2 Å². The van der Waals surface area contributed by atoms with Crippen LogP contribution in [0.25, 0.3) is 0 Å². The second-order valence-electron chi connectivity index (χ2n) is 4.45. The zero-order chi connectivity index (χ0) is 14.0. The number of nitrogens with one attached hydrogen (secondary N) is 1. The van der Waals surface area contributed by atoms with Crippen LogP contribution in [0.4, 0.5) is 5.69 Å². The van der Waals surface area contributed by atoms with Crippen molar-refractivity contribution in [2.45, 2.75) is 12.0 Å². The van der Waals surface area contributed by atoms with Crippen molar-refractivity contribution in [2.24, 2.45) is 5.73 Å². The second-order valence-corrected chi connectivity index (χ2v) is 4.88. The van der Waals surface area contributed by atoms with Crippen LogP contribution in [0.5, 0.6) is 0 Å². The Morgan fingerprint density at radius 1 is 1.42 bits per heavy atom. The summed E-state index contributed by atoms with van der Waals surface area (Å²) in [6.45, 7) is 0.574. The molecule has 102 valence electrons. The second kappa shape index (κ2) is 5.16. The minimum Gasteiger partial charge on any atom is -0.478 e. The highest BCUT2D eigenvalue weighted by molar-refractivity contribution is 6.31. The number of hydrogen-bond donors (Lipinski definition) is 3. The average Bonchev–Trinajstić information content (AvgIpc) is 2.76. The number of benzene rings is 1. The Balaban J connectivity index is 2.19. The van der Waals surface area contributed by atoms with Crippen molar-refractivity contribution in [2.75, 3.05) is 18.5 Å². The molecule has 1 aliphatic rings. The number of ether oxygens (including phenoxy) is 1. The summed E-state index contributed by atoms with van der Waals surface area (Å²) in [6.07, 6.45) is 0.422. The van der Waals surface area contributed by atoms with E-state index in [9.17, 15) is 9.59 Å². The lowest BCUT2D eigenvalue weighted by molar-refractivity contribution is -0.121. The molecule has 1 unspecified atom stereocenters. The molecule has 0 spiro atoms. The van der Waals surface area contributed by atoms with Gasteiger partial charge in [-0.3, -0.25) is 4.79 Å². The zero-order valence-corrected chi connectivity index (χ0v) is 10.7. The van der Waals surface area contributed by atoms with Crippen LogP contribution in [0, 0.1) is 0 Å². The largest absolute Gasteiger partial charge is 0.478 e. The molecule has 6 nitrogen and oxygen atoms in total. The van der Waals surface area contributed by atoms with Gasteiger partial charge in [-0.05, 0) is 24.6 Å². The Morgan fingerprint density at radius 3 is 2.74 bits per heavy atom. The van der Waals surface area contributed by atoms with E-state index in [1.807, 2.05) is 0 Å². The van der Waals surface area contributed by atoms with Crippen molar-refractivity contribution < 1.29 is 19.4 Å². The van der Waals surface area contributed by atoms with Crippen LogP contribution in [0.1, 0.15) is 16.8 Å². The van der Waals surface area contributed by atoms with Gasteiger partial charge in [-0.1, -0.05) is 11.6 Å². The van der Waals surface area contributed by atoms with Crippen molar-refractivity contribution in [1.29, 1.82) is 0 Å². The molecule has 0 radical (unpaired) electrons. The Kier molecular flexibility index (Phi) is 3.75. The highest BCUT2D eigenvalue weighted by atomic mass is 35.5. The monoisotopic (exact) mass is 284 g/mol. The molecule has 7 heteroatoms. The van der Waals surface area contributed by atoms with E-state index < -0.39 is 17.4 Å². The maximum absolute atomic E-state index is 12.0. The summed E-state index contributed by atoms with van der Waals surface area (Å²) < 4.78 is 5.10. The Labute approximate surface area is 114 Å². The Morgan fingerprint density at radius 2 is 2.16 bits per heavy atom. The van der Waals surface area contributed by atoms with Crippen molar-refractivity contribution in [3.05, 3.63) is 28.8 Å². The number of halogens is 1. The number of anilines is 1. The number of hydrogen-bond acceptors (Lipinski definition) is 4. The first-order chi connectivity index (χ1) is 8.90. The van der Waals surface area contributed by atoms with E-state index in [4.69, 9.17) is 27.2 Å². The molecular weight excluding hydrogens is 272 g/mol. The van der Waals surface area contributed by atoms with E-state index in [-0.39, 0.29) is 17.2 Å². The highest BCUT2D eigenvalue weighted by Gasteiger charge is 2.38. The van der Waals surface area contributed by atoms with E-state index in [0.29, 0.717) is 18.7 Å². The van der Waals surface area contributed by atoms with Crippen molar-refractivity contribution >= 4 is 29.2 Å². The molecule has 1 heterocycles. The van der Waals surface area contributed by atoms with Crippen LogP contribution in [0.15, 0.2) is 18.2 Å². The minimum absolute atomic E-state index is 0.00320. The Hall–Kier alpha value is -1.63. The molecule has 1 saturated heterocycles. The van der Waals surface area contributed by atoms with Crippen molar-refractivity contribution in [3.8, 4) is 0 Å². The van der Waals surface area contributed by atoms with Crippen LogP contribution in [-0.2, 0) is 9.53 Å². The van der Waals surface area contributed by atoms with Crippen LogP contribution in [-0.4, -0.2) is 35.7 Å². The number of carboxylic acid groups (broad SMARTS) is 1. The van der Waals surface area contributed by atoms with Gasteiger partial charge in [-0.15, -0.1) is 0 Å². The molecule has 1 aromatic carbocycles. The number of carbonyl (C=O) groups is 2. The lowest BCUT2D eigenvalue weighted by Crippen LogP contribution is -2.51. The molecule has 0 aromatic heterocycles. The van der Waals surface area contributed by atoms with Gasteiger partial charge in [-0.2, -0.15) is 0 Å². The third kappa shape index (κ3) is 3.04. The number of carboxylic acids is 1. The zero-order valence-electron chi connectivity index (χ0n) is 9.98. The minimum atomic E-state index is -1.12. The number of carbonyl (C=O) groups excluding carboxylic acids is 1. The van der Waals surface area contributed by atoms with Gasteiger partial charge in [0, 0.05) is 17.3 Å². The predicted molar refractivity (Wildman–Crippen MR) is 69.4 cm³/mol. The number of aromatic carboxylic acids is 1. The van der Waals surface area contributed by atoms with Gasteiger partial charge in [0.2, 0.25) is 5.91 Å². The van der Waals surface area contributed by atoms with Crippen molar-refractivity contribution in [3.63, 3.8) is 0 Å². The van der Waals surface area contributed by atoms with Crippen LogP contribution in [0.3, 0.4) is 0 Å². The molecule has 1 fully saturated rings. The summed E-state index contributed by atoms with van der Waals surface area (Å²) in [6, 6.07) is 4.09. The molecule has 2 rings (SSSR count). The fraction of sp³-hybridized carbons (Fsp3) is 0.333. The molecule has 1 amide bonds. The van der Waals surface area contributed by atoms with Gasteiger partial charge >= 0.3 is 5.97 Å². The molecule has 4 N–H and O–H groups in total. The average molecular weight is 285 g/mol. The summed E-state index contributed by atoms with van der Waals surface area (Å²) in [5.41, 5.74) is 5.12. The van der Waals surface area contributed by atoms with E-state index in [2.05, 4.69) is 5.32 Å². The standard InChI is InChI=1S/C12H13ClN2O4/c13-8-3-7(10(16)17)4-9(5-8)15-11(18)12(14)1-2-19-6-12/h3-5H,1-2,6,14H2,(H,15,18)(H,16,17). The third-order valence-electron chi connectivity index (χ3n) is 2.91. The molecule has 0 saturated carbocycles. The Bertz CT molecular complexity index is 526. The topological polar surface area (TPSA) is 102 Å². The predicted octanol–water partition coefficient (Wildman–Crippen LogP) is 1.09. The van der Waals surface area contributed by atoms with Gasteiger partial charge in [-0.25, -0.2) is 4.79 Å². The fourth-order valence-electron chi connectivity index (χ4n) is 1.80. The molecular formula is C12H13ClN2O4.